The minimum atomic E-state index is -0.988. The van der Waals surface area contributed by atoms with Crippen molar-refractivity contribution in [3.63, 3.8) is 0 Å². The van der Waals surface area contributed by atoms with Gasteiger partial charge < -0.3 is 9.64 Å². The molecular weight excluding hydrogens is 294 g/mol. The lowest BCUT2D eigenvalue weighted by molar-refractivity contribution is -0.154. The van der Waals surface area contributed by atoms with Crippen LogP contribution in [0.15, 0.2) is 30.3 Å². The molecule has 1 heterocycles. The maximum absolute atomic E-state index is 12.4. The molecule has 5 nitrogen and oxygen atoms in total. The number of ketones is 1. The van der Waals surface area contributed by atoms with E-state index in [0.29, 0.717) is 19.0 Å². The van der Waals surface area contributed by atoms with Gasteiger partial charge in [-0.05, 0) is 25.8 Å². The Morgan fingerprint density at radius 1 is 1.26 bits per heavy atom. The number of rotatable bonds is 6. The zero-order chi connectivity index (χ0) is 16.8. The molecule has 0 unspecified atom stereocenters. The summed E-state index contributed by atoms with van der Waals surface area (Å²) in [6.07, 6.45) is 0.801. The summed E-state index contributed by atoms with van der Waals surface area (Å²) in [6, 6.07) is 10.1. The highest BCUT2D eigenvalue weighted by molar-refractivity contribution is 6.01. The molecule has 1 aliphatic heterocycles. The summed E-state index contributed by atoms with van der Waals surface area (Å²) in [5, 5.41) is 0. The minimum Gasteiger partial charge on any atom is -0.465 e. The normalized spacial score (nSPS) is 18.5. The van der Waals surface area contributed by atoms with Gasteiger partial charge in [0.15, 0.2) is 0 Å². The lowest BCUT2D eigenvalue weighted by atomic mass is 9.98. The number of ether oxygens (including phenoxy) is 1. The number of esters is 1. The summed E-state index contributed by atoms with van der Waals surface area (Å²) < 4.78 is 4.89. The van der Waals surface area contributed by atoms with E-state index in [1.54, 1.807) is 11.8 Å². The molecule has 1 aromatic carbocycles. The van der Waals surface area contributed by atoms with E-state index < -0.39 is 11.9 Å². The average molecular weight is 317 g/mol. The first-order valence-electron chi connectivity index (χ1n) is 8.02. The van der Waals surface area contributed by atoms with Gasteiger partial charge in [-0.3, -0.25) is 14.4 Å². The molecule has 0 spiro atoms. The van der Waals surface area contributed by atoms with Gasteiger partial charge in [0, 0.05) is 25.4 Å². The number of amides is 1. The number of hydrogen-bond donors (Lipinski definition) is 0. The molecule has 1 amide bonds. The molecule has 1 aromatic rings. The zero-order valence-corrected chi connectivity index (χ0v) is 13.7. The van der Waals surface area contributed by atoms with Crippen LogP contribution in [0.2, 0.25) is 0 Å². The van der Waals surface area contributed by atoms with Gasteiger partial charge in [0.2, 0.25) is 5.91 Å². The van der Waals surface area contributed by atoms with Gasteiger partial charge in [-0.2, -0.15) is 0 Å². The maximum Gasteiger partial charge on any atom is 0.316 e. The first kappa shape index (κ1) is 17.2. The molecule has 1 saturated heterocycles. The van der Waals surface area contributed by atoms with E-state index in [9.17, 15) is 14.4 Å². The lowest BCUT2D eigenvalue weighted by Crippen LogP contribution is -2.34. The number of Topliss-reactive ketones (excluding diaryl/α,β-unsaturated/α-hetero) is 1. The van der Waals surface area contributed by atoms with E-state index in [4.69, 9.17) is 4.74 Å². The van der Waals surface area contributed by atoms with Crippen LogP contribution in [0, 0.1) is 5.92 Å². The van der Waals surface area contributed by atoms with E-state index >= 15 is 0 Å². The van der Waals surface area contributed by atoms with Crippen LogP contribution in [0.3, 0.4) is 0 Å². The van der Waals surface area contributed by atoms with Crippen molar-refractivity contribution in [1.29, 1.82) is 0 Å². The SMILES string of the molecule is CCOC(=O)[C@@H](CC(=O)N1CC[C@@H](c2ccccc2)C1)C(C)=O. The number of carbonyl (C=O) groups is 3. The first-order valence-corrected chi connectivity index (χ1v) is 8.02. The third kappa shape index (κ3) is 4.41. The van der Waals surface area contributed by atoms with Crippen molar-refractivity contribution in [3.05, 3.63) is 35.9 Å². The van der Waals surface area contributed by atoms with Gasteiger partial charge in [0.25, 0.3) is 0 Å². The van der Waals surface area contributed by atoms with Crippen molar-refractivity contribution >= 4 is 17.7 Å². The van der Waals surface area contributed by atoms with Gasteiger partial charge in [0.1, 0.15) is 11.7 Å². The second-order valence-corrected chi connectivity index (χ2v) is 5.86. The third-order valence-electron chi connectivity index (χ3n) is 4.25. The number of carbonyl (C=O) groups excluding carboxylic acids is 3. The molecule has 1 fully saturated rings. The van der Waals surface area contributed by atoms with Gasteiger partial charge in [-0.15, -0.1) is 0 Å². The molecule has 0 aliphatic carbocycles. The van der Waals surface area contributed by atoms with E-state index in [-0.39, 0.29) is 24.7 Å². The molecule has 2 atom stereocenters. The summed E-state index contributed by atoms with van der Waals surface area (Å²) in [5.41, 5.74) is 1.22. The predicted octanol–water partition coefficient (Wildman–Crippen LogP) is 2.16. The molecule has 23 heavy (non-hydrogen) atoms. The fourth-order valence-electron chi connectivity index (χ4n) is 2.92. The van der Waals surface area contributed by atoms with Crippen LogP contribution in [-0.4, -0.2) is 42.3 Å². The first-order chi connectivity index (χ1) is 11.0. The van der Waals surface area contributed by atoms with Crippen LogP contribution in [0.25, 0.3) is 0 Å². The largest absolute Gasteiger partial charge is 0.465 e. The second-order valence-electron chi connectivity index (χ2n) is 5.86. The fraction of sp³-hybridized carbons (Fsp3) is 0.500. The van der Waals surface area contributed by atoms with Crippen LogP contribution >= 0.6 is 0 Å². The minimum absolute atomic E-state index is 0.102. The Balaban J connectivity index is 1.95. The maximum atomic E-state index is 12.4. The fourth-order valence-corrected chi connectivity index (χ4v) is 2.92. The van der Waals surface area contributed by atoms with Crippen LogP contribution < -0.4 is 0 Å². The smallest absolute Gasteiger partial charge is 0.316 e. The van der Waals surface area contributed by atoms with E-state index in [2.05, 4.69) is 12.1 Å². The van der Waals surface area contributed by atoms with Crippen LogP contribution in [0.5, 0.6) is 0 Å². The molecule has 0 saturated carbocycles. The Morgan fingerprint density at radius 2 is 1.96 bits per heavy atom. The number of nitrogens with zero attached hydrogens (tertiary/aromatic N) is 1. The molecule has 0 N–H and O–H groups in total. The molecule has 124 valence electrons. The summed E-state index contributed by atoms with van der Waals surface area (Å²) in [6.45, 7) is 4.51. The average Bonchev–Trinajstić information content (AvgIpc) is 3.03. The van der Waals surface area contributed by atoms with Crippen molar-refractivity contribution < 1.29 is 19.1 Å². The van der Waals surface area contributed by atoms with Crippen molar-refractivity contribution in [2.75, 3.05) is 19.7 Å². The monoisotopic (exact) mass is 317 g/mol. The predicted molar refractivity (Wildman–Crippen MR) is 85.8 cm³/mol. The molecule has 0 bridgehead atoms. The summed E-state index contributed by atoms with van der Waals surface area (Å²) in [7, 11) is 0. The van der Waals surface area contributed by atoms with Crippen molar-refractivity contribution in [3.8, 4) is 0 Å². The number of benzene rings is 1. The Kier molecular flexibility index (Phi) is 5.90. The molecule has 0 aromatic heterocycles. The molecule has 5 heteroatoms. The Morgan fingerprint density at radius 3 is 2.57 bits per heavy atom. The highest BCUT2D eigenvalue weighted by atomic mass is 16.5. The van der Waals surface area contributed by atoms with Gasteiger partial charge in [-0.1, -0.05) is 30.3 Å². The highest BCUT2D eigenvalue weighted by Gasteiger charge is 2.33. The highest BCUT2D eigenvalue weighted by Crippen LogP contribution is 2.27. The van der Waals surface area contributed by atoms with Crippen LogP contribution in [-0.2, 0) is 19.1 Å². The molecular formula is C18H23NO4. The lowest BCUT2D eigenvalue weighted by Gasteiger charge is -2.19. The standard InChI is InChI=1S/C18H23NO4/c1-3-23-18(22)16(13(2)20)11-17(21)19-10-9-15(12-19)14-7-5-4-6-8-14/h4-8,15-16H,3,9-12H2,1-2H3/t15-,16+/m1/s1. The quantitative estimate of drug-likeness (QED) is 0.596. The van der Waals surface area contributed by atoms with Crippen molar-refractivity contribution in [2.24, 2.45) is 5.92 Å². The Labute approximate surface area is 136 Å². The summed E-state index contributed by atoms with van der Waals surface area (Å²) in [5.74, 6) is -1.75. The summed E-state index contributed by atoms with van der Waals surface area (Å²) >= 11 is 0. The molecule has 2 rings (SSSR count). The van der Waals surface area contributed by atoms with Gasteiger partial charge >= 0.3 is 5.97 Å². The molecule has 1 aliphatic rings. The van der Waals surface area contributed by atoms with E-state index in [1.807, 2.05) is 18.2 Å². The van der Waals surface area contributed by atoms with Crippen molar-refractivity contribution in [1.82, 2.24) is 4.90 Å². The van der Waals surface area contributed by atoms with Gasteiger partial charge in [0.05, 0.1) is 6.61 Å². The van der Waals surface area contributed by atoms with Crippen LogP contribution in [0.4, 0.5) is 0 Å². The Bertz CT molecular complexity index is 570. The van der Waals surface area contributed by atoms with E-state index in [1.165, 1.54) is 12.5 Å². The second kappa shape index (κ2) is 7.90. The number of likely N-dealkylation sites (tertiary alicyclic amines) is 1. The van der Waals surface area contributed by atoms with Gasteiger partial charge in [-0.25, -0.2) is 0 Å². The Hall–Kier alpha value is -2.17. The number of hydrogen-bond acceptors (Lipinski definition) is 4. The zero-order valence-electron chi connectivity index (χ0n) is 13.7. The van der Waals surface area contributed by atoms with E-state index in [0.717, 1.165) is 6.42 Å². The molecule has 0 radical (unpaired) electrons. The van der Waals surface area contributed by atoms with Crippen molar-refractivity contribution in [2.45, 2.75) is 32.6 Å². The summed E-state index contributed by atoms with van der Waals surface area (Å²) in [4.78, 5) is 37.6. The third-order valence-corrected chi connectivity index (χ3v) is 4.25. The van der Waals surface area contributed by atoms with Crippen LogP contribution in [0.1, 0.15) is 38.2 Å². The topological polar surface area (TPSA) is 63.7 Å².